The number of nitrogens with one attached hydrogen (secondary N) is 2. The fraction of sp³-hybridized carbons (Fsp3) is 0.588. The van der Waals surface area contributed by atoms with E-state index in [-0.39, 0.29) is 11.8 Å². The number of rotatable bonds is 8. The van der Waals surface area contributed by atoms with Crippen molar-refractivity contribution >= 4 is 11.6 Å². The van der Waals surface area contributed by atoms with Crippen molar-refractivity contribution in [2.24, 2.45) is 5.92 Å². The Balaban J connectivity index is 2.65. The summed E-state index contributed by atoms with van der Waals surface area (Å²) in [5, 5.41) is 6.47. The maximum Gasteiger partial charge on any atom is 0.227 e. The lowest BCUT2D eigenvalue weighted by molar-refractivity contribution is -0.119. The molecule has 3 nitrogen and oxygen atoms in total. The van der Waals surface area contributed by atoms with Crippen LogP contribution in [-0.4, -0.2) is 12.5 Å². The monoisotopic (exact) mass is 276 g/mol. The molecule has 1 aromatic rings. The van der Waals surface area contributed by atoms with Crippen LogP contribution >= 0.6 is 0 Å². The molecule has 1 amide bonds. The van der Waals surface area contributed by atoms with Gasteiger partial charge in [-0.25, -0.2) is 0 Å². The van der Waals surface area contributed by atoms with E-state index in [4.69, 9.17) is 0 Å². The Bertz CT molecular complexity index is 417. The molecule has 0 aliphatic heterocycles. The molecule has 0 radical (unpaired) electrons. The van der Waals surface area contributed by atoms with E-state index < -0.39 is 0 Å². The van der Waals surface area contributed by atoms with Gasteiger partial charge in [0, 0.05) is 17.6 Å². The van der Waals surface area contributed by atoms with Crippen LogP contribution in [0.15, 0.2) is 24.3 Å². The predicted octanol–water partition coefficient (Wildman–Crippen LogP) is 4.12. The molecule has 112 valence electrons. The highest BCUT2D eigenvalue weighted by atomic mass is 16.1. The van der Waals surface area contributed by atoms with Crippen molar-refractivity contribution in [1.82, 2.24) is 5.32 Å². The third-order valence-electron chi connectivity index (χ3n) is 3.52. The van der Waals surface area contributed by atoms with Gasteiger partial charge in [0.1, 0.15) is 0 Å². The normalized spacial score (nSPS) is 13.8. The zero-order valence-electron chi connectivity index (χ0n) is 13.2. The molecule has 0 fully saturated rings. The topological polar surface area (TPSA) is 41.1 Å². The first kappa shape index (κ1) is 16.7. The van der Waals surface area contributed by atoms with Gasteiger partial charge in [0.15, 0.2) is 0 Å². The fourth-order valence-corrected chi connectivity index (χ4v) is 2.19. The second-order valence-electron chi connectivity index (χ2n) is 5.48. The van der Waals surface area contributed by atoms with Crippen molar-refractivity contribution in [3.63, 3.8) is 0 Å². The van der Waals surface area contributed by atoms with E-state index in [2.05, 4.69) is 43.5 Å². The van der Waals surface area contributed by atoms with Gasteiger partial charge in [-0.3, -0.25) is 4.79 Å². The van der Waals surface area contributed by atoms with Gasteiger partial charge >= 0.3 is 0 Å². The van der Waals surface area contributed by atoms with Crippen LogP contribution < -0.4 is 10.6 Å². The van der Waals surface area contributed by atoms with Gasteiger partial charge in [-0.1, -0.05) is 39.3 Å². The smallest absolute Gasteiger partial charge is 0.227 e. The number of benzene rings is 1. The summed E-state index contributed by atoms with van der Waals surface area (Å²) in [4.78, 5) is 12.0. The van der Waals surface area contributed by atoms with E-state index in [9.17, 15) is 4.79 Å². The number of hydrogen-bond donors (Lipinski definition) is 2. The summed E-state index contributed by atoms with van der Waals surface area (Å²) in [6.07, 6.45) is 3.09. The van der Waals surface area contributed by atoms with Crippen LogP contribution in [0.2, 0.25) is 0 Å². The Hall–Kier alpha value is -1.35. The summed E-state index contributed by atoms with van der Waals surface area (Å²) in [6.45, 7) is 9.40. The molecule has 3 heteroatoms. The number of anilines is 1. The summed E-state index contributed by atoms with van der Waals surface area (Å²) in [5.74, 6) is 0.178. The average molecular weight is 276 g/mol. The number of carbonyl (C=O) groups is 1. The first-order chi connectivity index (χ1) is 9.58. The van der Waals surface area contributed by atoms with Crippen molar-refractivity contribution in [2.75, 3.05) is 11.9 Å². The summed E-state index contributed by atoms with van der Waals surface area (Å²) in [6, 6.07) is 8.41. The third-order valence-corrected chi connectivity index (χ3v) is 3.52. The van der Waals surface area contributed by atoms with Gasteiger partial charge < -0.3 is 10.6 Å². The summed E-state index contributed by atoms with van der Waals surface area (Å²) in [7, 11) is 0. The zero-order chi connectivity index (χ0) is 15.0. The van der Waals surface area contributed by atoms with E-state index in [1.165, 1.54) is 5.56 Å². The Morgan fingerprint density at radius 1 is 1.20 bits per heavy atom. The molecule has 0 aliphatic rings. The summed E-state index contributed by atoms with van der Waals surface area (Å²) >= 11 is 0. The first-order valence-corrected chi connectivity index (χ1v) is 7.72. The standard InChI is InChI=1S/C17H28N2O/c1-5-8-13(3)17(20)19-16-10-7-9-15(12-16)14(4)18-11-6-2/h7,9-10,12-14,18H,5-6,8,11H2,1-4H3,(H,19,20). The van der Waals surface area contributed by atoms with Crippen LogP contribution in [-0.2, 0) is 4.79 Å². The molecular formula is C17H28N2O. The second-order valence-corrected chi connectivity index (χ2v) is 5.48. The van der Waals surface area contributed by atoms with E-state index >= 15 is 0 Å². The third kappa shape index (κ3) is 5.33. The maximum atomic E-state index is 12.0. The minimum absolute atomic E-state index is 0.0688. The van der Waals surface area contributed by atoms with E-state index in [0.717, 1.165) is 31.5 Å². The lowest BCUT2D eigenvalue weighted by atomic mass is 10.0. The van der Waals surface area contributed by atoms with E-state index in [1.807, 2.05) is 19.1 Å². The molecule has 20 heavy (non-hydrogen) atoms. The Morgan fingerprint density at radius 3 is 2.60 bits per heavy atom. The van der Waals surface area contributed by atoms with Gasteiger partial charge in [0.05, 0.1) is 0 Å². The average Bonchev–Trinajstić information content (AvgIpc) is 2.45. The predicted molar refractivity (Wildman–Crippen MR) is 85.9 cm³/mol. The highest BCUT2D eigenvalue weighted by Gasteiger charge is 2.12. The highest BCUT2D eigenvalue weighted by molar-refractivity contribution is 5.92. The van der Waals surface area contributed by atoms with Gasteiger partial charge in [0.2, 0.25) is 5.91 Å². The quantitative estimate of drug-likeness (QED) is 0.750. The lowest BCUT2D eigenvalue weighted by Gasteiger charge is -2.16. The molecule has 0 saturated heterocycles. The zero-order valence-corrected chi connectivity index (χ0v) is 13.2. The molecule has 0 aliphatic carbocycles. The van der Waals surface area contributed by atoms with Crippen LogP contribution in [0.25, 0.3) is 0 Å². The Morgan fingerprint density at radius 2 is 1.95 bits per heavy atom. The fourth-order valence-electron chi connectivity index (χ4n) is 2.19. The van der Waals surface area contributed by atoms with Gasteiger partial charge in [-0.2, -0.15) is 0 Å². The van der Waals surface area contributed by atoms with Crippen molar-refractivity contribution in [2.45, 2.75) is 53.0 Å². The molecule has 0 aromatic heterocycles. The Kier molecular flexibility index (Phi) is 7.31. The SMILES string of the molecule is CCCNC(C)c1cccc(NC(=O)C(C)CCC)c1. The van der Waals surface area contributed by atoms with E-state index in [1.54, 1.807) is 0 Å². The lowest BCUT2D eigenvalue weighted by Crippen LogP contribution is -2.21. The molecule has 0 heterocycles. The minimum Gasteiger partial charge on any atom is -0.326 e. The van der Waals surface area contributed by atoms with E-state index in [0.29, 0.717) is 6.04 Å². The molecule has 2 atom stereocenters. The van der Waals surface area contributed by atoms with Crippen LogP contribution in [0.5, 0.6) is 0 Å². The minimum atomic E-state index is 0.0688. The van der Waals surface area contributed by atoms with Crippen molar-refractivity contribution in [1.29, 1.82) is 0 Å². The maximum absolute atomic E-state index is 12.0. The van der Waals surface area contributed by atoms with Crippen molar-refractivity contribution in [3.05, 3.63) is 29.8 Å². The Labute approximate surface area is 123 Å². The van der Waals surface area contributed by atoms with Crippen LogP contribution in [0.1, 0.15) is 58.6 Å². The molecular weight excluding hydrogens is 248 g/mol. The molecule has 0 spiro atoms. The summed E-state index contributed by atoms with van der Waals surface area (Å²) < 4.78 is 0. The first-order valence-electron chi connectivity index (χ1n) is 7.72. The number of hydrogen-bond acceptors (Lipinski definition) is 2. The van der Waals surface area contributed by atoms with Crippen molar-refractivity contribution < 1.29 is 4.79 Å². The van der Waals surface area contributed by atoms with Gasteiger partial charge in [-0.05, 0) is 44.0 Å². The molecule has 2 unspecified atom stereocenters. The molecule has 0 bridgehead atoms. The number of amides is 1. The molecule has 0 saturated carbocycles. The van der Waals surface area contributed by atoms with Gasteiger partial charge in [0.25, 0.3) is 0 Å². The van der Waals surface area contributed by atoms with Gasteiger partial charge in [-0.15, -0.1) is 0 Å². The van der Waals surface area contributed by atoms with Crippen molar-refractivity contribution in [3.8, 4) is 0 Å². The molecule has 1 rings (SSSR count). The molecule has 1 aromatic carbocycles. The largest absolute Gasteiger partial charge is 0.326 e. The second kappa shape index (κ2) is 8.75. The number of carbonyl (C=O) groups excluding carboxylic acids is 1. The van der Waals surface area contributed by atoms with Crippen LogP contribution in [0.3, 0.4) is 0 Å². The van der Waals surface area contributed by atoms with Crippen LogP contribution in [0.4, 0.5) is 5.69 Å². The summed E-state index contributed by atoms with van der Waals surface area (Å²) in [5.41, 5.74) is 2.10. The highest BCUT2D eigenvalue weighted by Crippen LogP contribution is 2.18. The molecule has 2 N–H and O–H groups in total. The van der Waals surface area contributed by atoms with Crippen LogP contribution in [0, 0.1) is 5.92 Å².